The quantitative estimate of drug-likeness (QED) is 0.419. The Bertz CT molecular complexity index is 771. The van der Waals surface area contributed by atoms with Crippen molar-refractivity contribution < 1.29 is 29.3 Å². The van der Waals surface area contributed by atoms with E-state index in [1.54, 1.807) is 24.3 Å². The van der Waals surface area contributed by atoms with Crippen molar-refractivity contribution in [1.29, 1.82) is 0 Å². The van der Waals surface area contributed by atoms with Gasteiger partial charge in [0.25, 0.3) is 5.91 Å². The molecule has 1 amide bonds. The second-order valence-corrected chi connectivity index (χ2v) is 6.95. The first-order valence-electron chi connectivity index (χ1n) is 8.94. The van der Waals surface area contributed by atoms with E-state index in [0.29, 0.717) is 17.9 Å². The highest BCUT2D eigenvalue weighted by Gasteiger charge is 2.23. The van der Waals surface area contributed by atoms with Gasteiger partial charge in [-0.3, -0.25) is 9.59 Å². The molecule has 0 saturated heterocycles. The Morgan fingerprint density at radius 1 is 1.11 bits per heavy atom. The van der Waals surface area contributed by atoms with Gasteiger partial charge in [-0.05, 0) is 50.0 Å². The maximum absolute atomic E-state index is 12.6. The number of carboxylic acid groups (broad SMARTS) is 2. The number of carboxylic acids is 2. The van der Waals surface area contributed by atoms with E-state index >= 15 is 0 Å². The fourth-order valence-corrected chi connectivity index (χ4v) is 2.41. The molecule has 152 valence electrons. The van der Waals surface area contributed by atoms with Crippen LogP contribution in [0.25, 0.3) is 5.57 Å². The van der Waals surface area contributed by atoms with Gasteiger partial charge in [0.05, 0.1) is 11.1 Å². The van der Waals surface area contributed by atoms with Gasteiger partial charge in [-0.2, -0.15) is 0 Å². The molecule has 0 atom stereocenters. The largest absolute Gasteiger partial charge is 0.490 e. The Balaban J connectivity index is 3.26. The first-order chi connectivity index (χ1) is 13.1. The summed E-state index contributed by atoms with van der Waals surface area (Å²) < 4.78 is 5.58. The molecule has 0 saturated carbocycles. The van der Waals surface area contributed by atoms with E-state index in [0.717, 1.165) is 5.57 Å². The van der Waals surface area contributed by atoms with Crippen LogP contribution in [-0.2, 0) is 14.4 Å². The van der Waals surface area contributed by atoms with E-state index < -0.39 is 24.4 Å². The van der Waals surface area contributed by atoms with Crippen molar-refractivity contribution in [2.45, 2.75) is 34.1 Å². The highest BCUT2D eigenvalue weighted by molar-refractivity contribution is 6.25. The van der Waals surface area contributed by atoms with E-state index in [9.17, 15) is 19.5 Å². The molecule has 0 aliphatic heterocycles. The van der Waals surface area contributed by atoms with Crippen molar-refractivity contribution in [3.8, 4) is 5.75 Å². The van der Waals surface area contributed by atoms with Crippen LogP contribution in [0.4, 0.5) is 0 Å². The first-order valence-corrected chi connectivity index (χ1v) is 8.94. The summed E-state index contributed by atoms with van der Waals surface area (Å²) in [5.41, 5.74) is 1.40. The highest BCUT2D eigenvalue weighted by atomic mass is 16.5. The number of carbonyl (C=O) groups excluding carboxylic acids is 1. The fourth-order valence-electron chi connectivity index (χ4n) is 2.41. The van der Waals surface area contributed by atoms with Crippen molar-refractivity contribution in [2.75, 3.05) is 13.2 Å². The average Bonchev–Trinajstić information content (AvgIpc) is 2.60. The summed E-state index contributed by atoms with van der Waals surface area (Å²) in [6.07, 6.45) is 2.09. The number of allylic oxidation sites excluding steroid dienone is 1. The minimum atomic E-state index is -1.21. The van der Waals surface area contributed by atoms with Gasteiger partial charge in [-0.25, -0.2) is 4.79 Å². The van der Waals surface area contributed by atoms with Gasteiger partial charge < -0.3 is 20.3 Å². The third kappa shape index (κ3) is 7.65. The molecule has 3 N–H and O–H groups in total. The molecule has 0 radical (unpaired) electrons. The van der Waals surface area contributed by atoms with Gasteiger partial charge in [0.15, 0.2) is 0 Å². The highest BCUT2D eigenvalue weighted by Crippen LogP contribution is 2.26. The minimum absolute atomic E-state index is 0.0000472. The molecule has 28 heavy (non-hydrogen) atoms. The minimum Gasteiger partial charge on any atom is -0.490 e. The summed E-state index contributed by atoms with van der Waals surface area (Å²) in [6.45, 7) is 7.41. The normalized spacial score (nSPS) is 11.5. The standard InChI is InChI=1S/C21H27NO6/c1-13(2)9-10-28-16-7-5-15(6-8-16)19(20(25)22-12-18(23)24)17(21(26)27)11-14(3)4/h5-9,14H,10-12H2,1-4H3,(H,22,25)(H,23,24)(H,26,27). The fraction of sp³-hybridized carbons (Fsp3) is 0.381. The summed E-state index contributed by atoms with van der Waals surface area (Å²) in [6, 6.07) is 6.48. The summed E-state index contributed by atoms with van der Waals surface area (Å²) >= 11 is 0. The van der Waals surface area contributed by atoms with Crippen LogP contribution in [0.5, 0.6) is 5.75 Å². The second-order valence-electron chi connectivity index (χ2n) is 6.95. The van der Waals surface area contributed by atoms with Crippen LogP contribution in [0, 0.1) is 5.92 Å². The van der Waals surface area contributed by atoms with Gasteiger partial charge in [-0.1, -0.05) is 31.6 Å². The molecule has 7 nitrogen and oxygen atoms in total. The van der Waals surface area contributed by atoms with Crippen LogP contribution < -0.4 is 10.1 Å². The average molecular weight is 389 g/mol. The second kappa shape index (κ2) is 10.9. The smallest absolute Gasteiger partial charge is 0.332 e. The number of ether oxygens (including phenoxy) is 1. The van der Waals surface area contributed by atoms with Crippen molar-refractivity contribution in [3.05, 3.63) is 47.1 Å². The summed E-state index contributed by atoms with van der Waals surface area (Å²) in [5.74, 6) is -2.58. The summed E-state index contributed by atoms with van der Waals surface area (Å²) in [7, 11) is 0. The van der Waals surface area contributed by atoms with E-state index in [4.69, 9.17) is 9.84 Å². The van der Waals surface area contributed by atoms with Crippen molar-refractivity contribution in [3.63, 3.8) is 0 Å². The first kappa shape index (κ1) is 23.0. The number of rotatable bonds is 10. The van der Waals surface area contributed by atoms with Crippen molar-refractivity contribution >= 4 is 23.4 Å². The number of nitrogens with one attached hydrogen (secondary N) is 1. The lowest BCUT2D eigenvalue weighted by molar-refractivity contribution is -0.137. The van der Waals surface area contributed by atoms with Crippen LogP contribution in [-0.4, -0.2) is 41.2 Å². The van der Waals surface area contributed by atoms with Crippen molar-refractivity contribution in [2.24, 2.45) is 5.92 Å². The van der Waals surface area contributed by atoms with Gasteiger partial charge >= 0.3 is 11.9 Å². The molecule has 1 aromatic rings. The topological polar surface area (TPSA) is 113 Å². The molecule has 1 rings (SSSR count). The molecule has 0 aliphatic carbocycles. The van der Waals surface area contributed by atoms with Crippen LogP contribution in [0.1, 0.15) is 39.7 Å². The molecule has 0 aliphatic rings. The molecule has 0 bridgehead atoms. The van der Waals surface area contributed by atoms with Gasteiger partial charge in [0, 0.05) is 0 Å². The third-order valence-corrected chi connectivity index (χ3v) is 3.68. The van der Waals surface area contributed by atoms with E-state index in [-0.39, 0.29) is 23.5 Å². The molecule has 7 heteroatoms. The number of amides is 1. The SMILES string of the molecule is CC(C)=CCOc1ccc(C(C(=O)NCC(=O)O)=C(CC(C)C)C(=O)O)cc1. The molecule has 0 aromatic heterocycles. The van der Waals surface area contributed by atoms with Gasteiger partial charge in [-0.15, -0.1) is 0 Å². The zero-order valence-electron chi connectivity index (χ0n) is 16.6. The monoisotopic (exact) mass is 389 g/mol. The Morgan fingerprint density at radius 2 is 1.71 bits per heavy atom. The van der Waals surface area contributed by atoms with E-state index in [1.165, 1.54) is 0 Å². The molecular formula is C21H27NO6. The number of hydrogen-bond acceptors (Lipinski definition) is 4. The summed E-state index contributed by atoms with van der Waals surface area (Å²) in [4.78, 5) is 35.1. The zero-order valence-corrected chi connectivity index (χ0v) is 16.6. The van der Waals surface area contributed by atoms with Crippen molar-refractivity contribution in [1.82, 2.24) is 5.32 Å². The van der Waals surface area contributed by atoms with Gasteiger partial charge in [0.2, 0.25) is 0 Å². The Labute approximate surface area is 164 Å². The molecule has 1 aromatic carbocycles. The Morgan fingerprint density at radius 3 is 2.18 bits per heavy atom. The van der Waals surface area contributed by atoms with Crippen LogP contribution in [0.15, 0.2) is 41.5 Å². The lowest BCUT2D eigenvalue weighted by atomic mass is 9.93. The molecule has 0 spiro atoms. The maximum Gasteiger partial charge on any atom is 0.332 e. The third-order valence-electron chi connectivity index (χ3n) is 3.68. The number of aliphatic carboxylic acids is 2. The van der Waals surface area contributed by atoms with E-state index in [1.807, 2.05) is 33.8 Å². The summed E-state index contributed by atoms with van der Waals surface area (Å²) in [5, 5.41) is 20.7. The number of hydrogen-bond donors (Lipinski definition) is 3. The molecule has 0 fully saturated rings. The lowest BCUT2D eigenvalue weighted by Gasteiger charge is -2.15. The maximum atomic E-state index is 12.6. The molecule has 0 heterocycles. The number of benzene rings is 1. The van der Waals surface area contributed by atoms with Crippen LogP contribution >= 0.6 is 0 Å². The predicted octanol–water partition coefficient (Wildman–Crippen LogP) is 3.12. The lowest BCUT2D eigenvalue weighted by Crippen LogP contribution is -2.31. The molecule has 0 unspecified atom stereocenters. The van der Waals surface area contributed by atoms with Crippen LogP contribution in [0.2, 0.25) is 0 Å². The number of carbonyl (C=O) groups is 3. The predicted molar refractivity (Wildman–Crippen MR) is 106 cm³/mol. The zero-order chi connectivity index (χ0) is 21.3. The van der Waals surface area contributed by atoms with Crippen LogP contribution in [0.3, 0.4) is 0 Å². The molecular weight excluding hydrogens is 362 g/mol. The Hall–Kier alpha value is -3.09. The van der Waals surface area contributed by atoms with E-state index in [2.05, 4.69) is 5.32 Å². The Kier molecular flexibility index (Phi) is 8.95. The van der Waals surface area contributed by atoms with Gasteiger partial charge in [0.1, 0.15) is 18.9 Å².